The maximum Gasteiger partial charge on any atom is 0.305 e. The van der Waals surface area contributed by atoms with Gasteiger partial charge in [0.05, 0.1) is 20.8 Å². The Bertz CT molecular complexity index is 557. The third-order valence-corrected chi connectivity index (χ3v) is 3.70. The lowest BCUT2D eigenvalue weighted by Crippen LogP contribution is -2.24. The summed E-state index contributed by atoms with van der Waals surface area (Å²) in [7, 11) is 2.92. The molecule has 0 spiro atoms. The van der Waals surface area contributed by atoms with Crippen LogP contribution in [0, 0.1) is 5.92 Å². The highest BCUT2D eigenvalue weighted by atomic mass is 16.5. The van der Waals surface area contributed by atoms with Crippen molar-refractivity contribution in [3.05, 3.63) is 23.8 Å². The first-order valence-corrected chi connectivity index (χ1v) is 8.63. The molecule has 0 radical (unpaired) electrons. The first-order valence-electron chi connectivity index (χ1n) is 8.63. The van der Waals surface area contributed by atoms with Gasteiger partial charge in [0.15, 0.2) is 11.5 Å². The van der Waals surface area contributed by atoms with Gasteiger partial charge in [0.2, 0.25) is 0 Å². The number of carbonyl (C=O) groups excluding carboxylic acids is 2. The van der Waals surface area contributed by atoms with Gasteiger partial charge in [0.25, 0.3) is 5.91 Å². The molecule has 0 saturated heterocycles. The number of methoxy groups -OCH3 is 2. The van der Waals surface area contributed by atoms with E-state index in [0.717, 1.165) is 6.42 Å². The minimum atomic E-state index is -0.232. The minimum absolute atomic E-state index is 0.176. The maximum atomic E-state index is 12.2. The average Bonchev–Trinajstić information content (AvgIpc) is 2.60. The molecule has 6 nitrogen and oxygen atoms in total. The smallest absolute Gasteiger partial charge is 0.305 e. The monoisotopic (exact) mass is 351 g/mol. The van der Waals surface area contributed by atoms with Crippen LogP contribution in [0.25, 0.3) is 0 Å². The van der Waals surface area contributed by atoms with E-state index < -0.39 is 0 Å². The first-order chi connectivity index (χ1) is 12.0. The Morgan fingerprint density at radius 3 is 2.52 bits per heavy atom. The van der Waals surface area contributed by atoms with Gasteiger partial charge in [-0.25, -0.2) is 0 Å². The summed E-state index contributed by atoms with van der Waals surface area (Å²) in [5, 5.41) is 2.83. The molecule has 1 aromatic carbocycles. The van der Waals surface area contributed by atoms with Crippen LogP contribution in [-0.4, -0.2) is 39.2 Å². The molecule has 1 amide bonds. The average molecular weight is 351 g/mol. The van der Waals surface area contributed by atoms with Gasteiger partial charge in [0.1, 0.15) is 0 Å². The van der Waals surface area contributed by atoms with Gasteiger partial charge in [-0.05, 0) is 43.4 Å². The molecule has 25 heavy (non-hydrogen) atoms. The predicted molar refractivity (Wildman–Crippen MR) is 96.1 cm³/mol. The van der Waals surface area contributed by atoms with E-state index in [0.29, 0.717) is 55.4 Å². The number of benzene rings is 1. The van der Waals surface area contributed by atoms with Crippen LogP contribution in [0.2, 0.25) is 0 Å². The Hall–Kier alpha value is -2.24. The van der Waals surface area contributed by atoms with Crippen molar-refractivity contribution in [2.75, 3.05) is 27.4 Å². The van der Waals surface area contributed by atoms with Gasteiger partial charge in [-0.15, -0.1) is 0 Å². The molecule has 0 atom stereocenters. The van der Waals surface area contributed by atoms with E-state index in [9.17, 15) is 9.59 Å². The Morgan fingerprint density at radius 2 is 1.88 bits per heavy atom. The number of rotatable bonds is 11. The quantitative estimate of drug-likeness (QED) is 0.489. The summed E-state index contributed by atoms with van der Waals surface area (Å²) < 4.78 is 15.6. The van der Waals surface area contributed by atoms with Gasteiger partial charge in [-0.3, -0.25) is 9.59 Å². The fraction of sp³-hybridized carbons (Fsp3) is 0.579. The zero-order valence-electron chi connectivity index (χ0n) is 15.6. The second-order valence-corrected chi connectivity index (χ2v) is 6.19. The molecule has 0 unspecified atom stereocenters. The van der Waals surface area contributed by atoms with E-state index in [4.69, 9.17) is 9.47 Å². The van der Waals surface area contributed by atoms with Crippen molar-refractivity contribution in [2.24, 2.45) is 5.92 Å². The molecule has 1 aromatic rings. The van der Waals surface area contributed by atoms with E-state index in [2.05, 4.69) is 23.9 Å². The summed E-state index contributed by atoms with van der Waals surface area (Å²) >= 11 is 0. The van der Waals surface area contributed by atoms with Crippen molar-refractivity contribution >= 4 is 11.9 Å². The van der Waals surface area contributed by atoms with E-state index >= 15 is 0 Å². The van der Waals surface area contributed by atoms with Gasteiger partial charge >= 0.3 is 5.97 Å². The highest BCUT2D eigenvalue weighted by molar-refractivity contribution is 5.94. The summed E-state index contributed by atoms with van der Waals surface area (Å²) in [5.74, 6) is 1.34. The number of amides is 1. The second kappa shape index (κ2) is 11.3. The van der Waals surface area contributed by atoms with Gasteiger partial charge < -0.3 is 19.5 Å². The van der Waals surface area contributed by atoms with Gasteiger partial charge in [-0.1, -0.05) is 13.8 Å². The SMILES string of the molecule is COC(=O)CCCCNC(=O)c1ccc(OCCC(C)C)c(OC)c1. The zero-order valence-corrected chi connectivity index (χ0v) is 15.6. The Balaban J connectivity index is 2.49. The Labute approximate surface area is 149 Å². The van der Waals surface area contributed by atoms with Crippen molar-refractivity contribution < 1.29 is 23.8 Å². The topological polar surface area (TPSA) is 73.9 Å². The molecule has 0 saturated carbocycles. The van der Waals surface area contributed by atoms with Crippen LogP contribution in [-0.2, 0) is 9.53 Å². The Morgan fingerprint density at radius 1 is 1.12 bits per heavy atom. The van der Waals surface area contributed by atoms with Crippen LogP contribution in [0.1, 0.15) is 49.9 Å². The van der Waals surface area contributed by atoms with Crippen molar-refractivity contribution in [1.82, 2.24) is 5.32 Å². The maximum absolute atomic E-state index is 12.2. The lowest BCUT2D eigenvalue weighted by atomic mass is 10.1. The third-order valence-electron chi connectivity index (χ3n) is 3.70. The summed E-state index contributed by atoms with van der Waals surface area (Å²) in [6.45, 7) is 5.39. The van der Waals surface area contributed by atoms with Crippen molar-refractivity contribution in [1.29, 1.82) is 0 Å². The van der Waals surface area contributed by atoms with Crippen molar-refractivity contribution in [3.63, 3.8) is 0 Å². The molecule has 1 N–H and O–H groups in total. The summed E-state index contributed by atoms with van der Waals surface area (Å²) in [6, 6.07) is 5.15. The molecule has 6 heteroatoms. The summed E-state index contributed by atoms with van der Waals surface area (Å²) in [5.41, 5.74) is 0.515. The molecule has 140 valence electrons. The molecule has 0 aliphatic carbocycles. The van der Waals surface area contributed by atoms with Crippen molar-refractivity contribution in [3.8, 4) is 11.5 Å². The van der Waals surface area contributed by atoms with E-state index in [1.54, 1.807) is 25.3 Å². The van der Waals surface area contributed by atoms with Crippen LogP contribution >= 0.6 is 0 Å². The van der Waals surface area contributed by atoms with E-state index in [1.165, 1.54) is 7.11 Å². The number of hydrogen-bond donors (Lipinski definition) is 1. The lowest BCUT2D eigenvalue weighted by Gasteiger charge is -2.13. The van der Waals surface area contributed by atoms with Gasteiger partial charge in [0, 0.05) is 18.5 Å². The van der Waals surface area contributed by atoms with Crippen LogP contribution in [0.4, 0.5) is 0 Å². The number of carbonyl (C=O) groups is 2. The highest BCUT2D eigenvalue weighted by Gasteiger charge is 2.11. The molecule has 0 aliphatic heterocycles. The van der Waals surface area contributed by atoms with Crippen LogP contribution in [0.15, 0.2) is 18.2 Å². The summed E-state index contributed by atoms with van der Waals surface area (Å²) in [4.78, 5) is 23.2. The number of esters is 1. The standard InChI is InChI=1S/C19H29NO5/c1-14(2)10-12-25-16-9-8-15(13-17(16)23-3)19(22)20-11-6-5-7-18(21)24-4/h8-9,13-14H,5-7,10-12H2,1-4H3,(H,20,22). The fourth-order valence-corrected chi connectivity index (χ4v) is 2.13. The molecular weight excluding hydrogens is 322 g/mol. The number of nitrogens with one attached hydrogen (secondary N) is 1. The lowest BCUT2D eigenvalue weighted by molar-refractivity contribution is -0.140. The normalized spacial score (nSPS) is 10.4. The molecule has 1 rings (SSSR count). The van der Waals surface area contributed by atoms with Crippen LogP contribution in [0.3, 0.4) is 0 Å². The molecule has 0 aliphatic rings. The van der Waals surface area contributed by atoms with E-state index in [1.807, 2.05) is 0 Å². The molecular formula is C19H29NO5. The van der Waals surface area contributed by atoms with Crippen LogP contribution < -0.4 is 14.8 Å². The zero-order chi connectivity index (χ0) is 18.7. The Kier molecular flexibility index (Phi) is 9.43. The largest absolute Gasteiger partial charge is 0.493 e. The van der Waals surface area contributed by atoms with E-state index in [-0.39, 0.29) is 11.9 Å². The molecule has 0 aromatic heterocycles. The predicted octanol–water partition coefficient (Wildman–Crippen LogP) is 3.19. The first kappa shape index (κ1) is 20.8. The van der Waals surface area contributed by atoms with Gasteiger partial charge in [-0.2, -0.15) is 0 Å². The fourth-order valence-electron chi connectivity index (χ4n) is 2.13. The molecule has 0 bridgehead atoms. The second-order valence-electron chi connectivity index (χ2n) is 6.19. The molecule has 0 fully saturated rings. The highest BCUT2D eigenvalue weighted by Crippen LogP contribution is 2.28. The number of ether oxygens (including phenoxy) is 3. The third kappa shape index (κ3) is 7.92. The molecule has 0 heterocycles. The number of unbranched alkanes of at least 4 members (excludes halogenated alkanes) is 1. The summed E-state index contributed by atoms with van der Waals surface area (Å²) in [6.07, 6.45) is 2.72. The minimum Gasteiger partial charge on any atom is -0.493 e. The van der Waals surface area contributed by atoms with Crippen LogP contribution in [0.5, 0.6) is 11.5 Å². The van der Waals surface area contributed by atoms with Crippen molar-refractivity contribution in [2.45, 2.75) is 39.5 Å². The number of hydrogen-bond acceptors (Lipinski definition) is 5.